The van der Waals surface area contributed by atoms with Crippen molar-refractivity contribution in [3.05, 3.63) is 0 Å². The minimum Gasteiger partial charge on any atom is -0.380 e. The van der Waals surface area contributed by atoms with Crippen LogP contribution in [0.2, 0.25) is 0 Å². The lowest BCUT2D eigenvalue weighted by Gasteiger charge is -2.29. The van der Waals surface area contributed by atoms with Gasteiger partial charge in [-0.3, -0.25) is 11.3 Å². The van der Waals surface area contributed by atoms with Gasteiger partial charge in [0.05, 0.1) is 6.61 Å². The zero-order chi connectivity index (χ0) is 9.61. The maximum absolute atomic E-state index is 5.42. The van der Waals surface area contributed by atoms with E-state index in [9.17, 15) is 0 Å². The molecule has 0 aliphatic rings. The van der Waals surface area contributed by atoms with E-state index in [1.807, 2.05) is 0 Å². The summed E-state index contributed by atoms with van der Waals surface area (Å²) in [5.74, 6) is 5.41. The highest BCUT2D eigenvalue weighted by Gasteiger charge is 2.23. The van der Waals surface area contributed by atoms with Crippen molar-refractivity contribution < 1.29 is 4.74 Å². The lowest BCUT2D eigenvalue weighted by atomic mass is 9.88. The molecule has 0 aromatic rings. The molecule has 0 aromatic heterocycles. The molecule has 3 N–H and O–H groups in total. The van der Waals surface area contributed by atoms with Crippen molar-refractivity contribution in [2.24, 2.45) is 11.3 Å². The molecular weight excluding hydrogens is 152 g/mol. The number of nitrogens with one attached hydrogen (secondary N) is 1. The Bertz CT molecular complexity index is 110. The molecule has 1 unspecified atom stereocenters. The van der Waals surface area contributed by atoms with Crippen molar-refractivity contribution in [3.63, 3.8) is 0 Å². The second-order valence-electron chi connectivity index (χ2n) is 4.16. The van der Waals surface area contributed by atoms with Gasteiger partial charge in [0.25, 0.3) is 0 Å². The van der Waals surface area contributed by atoms with Gasteiger partial charge in [0.2, 0.25) is 0 Å². The minimum atomic E-state index is 0.155. The van der Waals surface area contributed by atoms with E-state index in [1.54, 1.807) is 0 Å². The third-order valence-electron chi connectivity index (χ3n) is 1.88. The van der Waals surface area contributed by atoms with E-state index in [4.69, 9.17) is 10.6 Å². The number of ether oxygens (including phenoxy) is 1. The number of hydrogen-bond donors (Lipinski definition) is 2. The average Bonchev–Trinajstić information content (AvgIpc) is 1.95. The quantitative estimate of drug-likeness (QED) is 0.375. The number of nitrogens with two attached hydrogens (primary N) is 1. The Hall–Kier alpha value is -0.120. The van der Waals surface area contributed by atoms with E-state index in [0.717, 1.165) is 13.0 Å². The number of hydrazine groups is 1. The van der Waals surface area contributed by atoms with Gasteiger partial charge < -0.3 is 4.74 Å². The normalized spacial score (nSPS) is 14.8. The maximum Gasteiger partial charge on any atom is 0.0638 e. The third-order valence-corrected chi connectivity index (χ3v) is 1.88. The predicted octanol–water partition coefficient (Wildman–Crippen LogP) is 1.29. The van der Waals surface area contributed by atoms with Crippen molar-refractivity contribution in [3.8, 4) is 0 Å². The number of rotatable bonds is 5. The Kier molecular flexibility index (Phi) is 5.46. The molecule has 1 atom stereocenters. The summed E-state index contributed by atoms with van der Waals surface area (Å²) in [4.78, 5) is 0. The molecule has 0 radical (unpaired) electrons. The van der Waals surface area contributed by atoms with Gasteiger partial charge in [-0.1, -0.05) is 27.7 Å². The van der Waals surface area contributed by atoms with Gasteiger partial charge in [0.15, 0.2) is 0 Å². The molecule has 74 valence electrons. The van der Waals surface area contributed by atoms with Gasteiger partial charge in [-0.05, 0) is 11.8 Å². The molecule has 0 spiro atoms. The van der Waals surface area contributed by atoms with E-state index < -0.39 is 0 Å². The molecule has 0 heterocycles. The Labute approximate surface area is 75.6 Å². The van der Waals surface area contributed by atoms with Crippen LogP contribution in [0.3, 0.4) is 0 Å². The first-order valence-electron chi connectivity index (χ1n) is 4.56. The first kappa shape index (κ1) is 11.9. The van der Waals surface area contributed by atoms with E-state index in [2.05, 4.69) is 33.1 Å². The SMILES string of the molecule is CCCOCC(NN)C(C)(C)C. The van der Waals surface area contributed by atoms with Crippen LogP contribution in [0, 0.1) is 5.41 Å². The lowest BCUT2D eigenvalue weighted by Crippen LogP contribution is -2.47. The van der Waals surface area contributed by atoms with Crippen LogP contribution < -0.4 is 11.3 Å². The van der Waals surface area contributed by atoms with E-state index in [0.29, 0.717) is 6.61 Å². The van der Waals surface area contributed by atoms with E-state index in [-0.39, 0.29) is 11.5 Å². The Morgan fingerprint density at radius 2 is 2.00 bits per heavy atom. The first-order valence-corrected chi connectivity index (χ1v) is 4.56. The molecule has 3 nitrogen and oxygen atoms in total. The zero-order valence-electron chi connectivity index (χ0n) is 8.68. The van der Waals surface area contributed by atoms with Crippen LogP contribution in [0.15, 0.2) is 0 Å². The molecule has 0 bridgehead atoms. The summed E-state index contributed by atoms with van der Waals surface area (Å²) in [6.45, 7) is 10.0. The highest BCUT2D eigenvalue weighted by Crippen LogP contribution is 2.18. The Morgan fingerprint density at radius 1 is 1.42 bits per heavy atom. The fourth-order valence-corrected chi connectivity index (χ4v) is 0.894. The van der Waals surface area contributed by atoms with Gasteiger partial charge in [-0.15, -0.1) is 0 Å². The van der Waals surface area contributed by atoms with Crippen LogP contribution in [-0.4, -0.2) is 19.3 Å². The van der Waals surface area contributed by atoms with Crippen molar-refractivity contribution in [1.82, 2.24) is 5.43 Å². The van der Waals surface area contributed by atoms with Gasteiger partial charge in [-0.2, -0.15) is 0 Å². The van der Waals surface area contributed by atoms with Gasteiger partial charge in [-0.25, -0.2) is 0 Å². The Balaban J connectivity index is 3.68. The molecule has 0 saturated carbocycles. The molecular formula is C9H22N2O. The van der Waals surface area contributed by atoms with Crippen LogP contribution >= 0.6 is 0 Å². The van der Waals surface area contributed by atoms with Gasteiger partial charge in [0.1, 0.15) is 0 Å². The van der Waals surface area contributed by atoms with Crippen molar-refractivity contribution in [2.45, 2.75) is 40.2 Å². The van der Waals surface area contributed by atoms with Crippen LogP contribution in [0.25, 0.3) is 0 Å². The van der Waals surface area contributed by atoms with Gasteiger partial charge >= 0.3 is 0 Å². The molecule has 0 aliphatic carbocycles. The monoisotopic (exact) mass is 174 g/mol. The molecule has 0 fully saturated rings. The van der Waals surface area contributed by atoms with Crippen LogP contribution in [0.4, 0.5) is 0 Å². The minimum absolute atomic E-state index is 0.155. The molecule has 3 heteroatoms. The summed E-state index contributed by atoms with van der Waals surface area (Å²) in [6.07, 6.45) is 1.06. The highest BCUT2D eigenvalue weighted by atomic mass is 16.5. The average molecular weight is 174 g/mol. The highest BCUT2D eigenvalue weighted by molar-refractivity contribution is 4.77. The molecule has 12 heavy (non-hydrogen) atoms. The molecule has 0 amide bonds. The summed E-state index contributed by atoms with van der Waals surface area (Å²) < 4.78 is 5.42. The summed E-state index contributed by atoms with van der Waals surface area (Å²) in [6, 6.07) is 0.226. The predicted molar refractivity (Wildman–Crippen MR) is 51.7 cm³/mol. The second kappa shape index (κ2) is 5.51. The van der Waals surface area contributed by atoms with Crippen LogP contribution in [0.1, 0.15) is 34.1 Å². The standard InChI is InChI=1S/C9H22N2O/c1-5-6-12-7-8(11-10)9(2,3)4/h8,11H,5-7,10H2,1-4H3. The summed E-state index contributed by atoms with van der Waals surface area (Å²) in [5.41, 5.74) is 2.93. The van der Waals surface area contributed by atoms with E-state index in [1.165, 1.54) is 0 Å². The fourth-order valence-electron chi connectivity index (χ4n) is 0.894. The largest absolute Gasteiger partial charge is 0.380 e. The zero-order valence-corrected chi connectivity index (χ0v) is 8.68. The summed E-state index contributed by atoms with van der Waals surface area (Å²) in [5, 5.41) is 0. The topological polar surface area (TPSA) is 47.3 Å². The van der Waals surface area contributed by atoms with E-state index >= 15 is 0 Å². The van der Waals surface area contributed by atoms with Crippen molar-refractivity contribution in [2.75, 3.05) is 13.2 Å². The third kappa shape index (κ3) is 4.70. The number of hydrogen-bond acceptors (Lipinski definition) is 3. The molecule has 0 saturated heterocycles. The van der Waals surface area contributed by atoms with Crippen molar-refractivity contribution in [1.29, 1.82) is 0 Å². The Morgan fingerprint density at radius 3 is 2.33 bits per heavy atom. The van der Waals surface area contributed by atoms with Crippen LogP contribution in [0.5, 0.6) is 0 Å². The molecule has 0 aromatic carbocycles. The molecule has 0 aliphatic heterocycles. The molecule has 0 rings (SSSR count). The van der Waals surface area contributed by atoms with Gasteiger partial charge in [0, 0.05) is 12.6 Å². The fraction of sp³-hybridized carbons (Fsp3) is 1.00. The smallest absolute Gasteiger partial charge is 0.0638 e. The summed E-state index contributed by atoms with van der Waals surface area (Å²) in [7, 11) is 0. The maximum atomic E-state index is 5.42. The second-order valence-corrected chi connectivity index (χ2v) is 4.16. The summed E-state index contributed by atoms with van der Waals surface area (Å²) >= 11 is 0. The lowest BCUT2D eigenvalue weighted by molar-refractivity contribution is 0.0760. The van der Waals surface area contributed by atoms with Crippen molar-refractivity contribution >= 4 is 0 Å². The van der Waals surface area contributed by atoms with Crippen LogP contribution in [-0.2, 0) is 4.74 Å². The first-order chi connectivity index (χ1) is 5.52.